The van der Waals surface area contributed by atoms with Crippen LogP contribution in [0.15, 0.2) is 60.2 Å². The van der Waals surface area contributed by atoms with Crippen molar-refractivity contribution in [2.75, 3.05) is 18.5 Å². The molecule has 29 heavy (non-hydrogen) atoms. The quantitative estimate of drug-likeness (QED) is 0.543. The summed E-state index contributed by atoms with van der Waals surface area (Å²) in [6.45, 7) is 5.00. The predicted molar refractivity (Wildman–Crippen MR) is 115 cm³/mol. The number of nitrogens with zero attached hydrogens (tertiary/aromatic N) is 1. The van der Waals surface area contributed by atoms with E-state index in [1.54, 1.807) is 36.0 Å². The summed E-state index contributed by atoms with van der Waals surface area (Å²) in [5, 5.41) is 7.36. The van der Waals surface area contributed by atoms with Crippen LogP contribution in [0, 0.1) is 0 Å². The lowest BCUT2D eigenvalue weighted by atomic mass is 10.0. The summed E-state index contributed by atoms with van der Waals surface area (Å²) < 4.78 is 5.67. The number of carbonyl (C=O) groups is 2. The topological polar surface area (TPSA) is 80.3 Å². The van der Waals surface area contributed by atoms with Gasteiger partial charge in [-0.1, -0.05) is 26.0 Å². The van der Waals surface area contributed by atoms with Crippen molar-refractivity contribution in [3.05, 3.63) is 76.2 Å². The molecule has 3 rings (SSSR count). The first-order valence-corrected chi connectivity index (χ1v) is 10.2. The average Bonchev–Trinajstić information content (AvgIpc) is 3.20. The maximum Gasteiger partial charge on any atom is 0.263 e. The molecular weight excluding hydrogens is 386 g/mol. The number of ether oxygens (including phenoxy) is 1. The van der Waals surface area contributed by atoms with E-state index in [-0.39, 0.29) is 11.8 Å². The fraction of sp³-hybridized carbons (Fsp3) is 0.227. The van der Waals surface area contributed by atoms with Gasteiger partial charge in [0.2, 0.25) is 0 Å². The van der Waals surface area contributed by atoms with E-state index < -0.39 is 0 Å². The molecule has 3 aromatic rings. The number of hydrogen-bond acceptors (Lipinski definition) is 5. The highest BCUT2D eigenvalue weighted by molar-refractivity contribution is 7.12. The van der Waals surface area contributed by atoms with Gasteiger partial charge in [0.25, 0.3) is 11.8 Å². The van der Waals surface area contributed by atoms with E-state index >= 15 is 0 Å². The van der Waals surface area contributed by atoms with Crippen LogP contribution < -0.4 is 15.4 Å². The van der Waals surface area contributed by atoms with Crippen molar-refractivity contribution in [3.8, 4) is 5.75 Å². The maximum atomic E-state index is 12.5. The largest absolute Gasteiger partial charge is 0.492 e. The molecule has 2 amide bonds. The average molecular weight is 410 g/mol. The molecule has 0 radical (unpaired) electrons. The molecule has 2 N–H and O–H groups in total. The number of rotatable bonds is 8. The lowest BCUT2D eigenvalue weighted by Gasteiger charge is -2.10. The number of aromatic nitrogens is 1. The van der Waals surface area contributed by atoms with Gasteiger partial charge in [0.05, 0.1) is 12.2 Å². The summed E-state index contributed by atoms with van der Waals surface area (Å²) in [6, 6.07) is 12.9. The first kappa shape index (κ1) is 20.5. The van der Waals surface area contributed by atoms with Crippen LogP contribution in [-0.2, 0) is 0 Å². The first-order chi connectivity index (χ1) is 14.0. The van der Waals surface area contributed by atoms with Gasteiger partial charge in [0.15, 0.2) is 0 Å². The van der Waals surface area contributed by atoms with E-state index in [4.69, 9.17) is 4.74 Å². The van der Waals surface area contributed by atoms with Gasteiger partial charge < -0.3 is 15.4 Å². The highest BCUT2D eigenvalue weighted by Gasteiger charge is 2.15. The minimum atomic E-state index is -0.284. The van der Waals surface area contributed by atoms with Crippen molar-refractivity contribution >= 4 is 28.8 Å². The fourth-order valence-corrected chi connectivity index (χ4v) is 3.41. The molecular formula is C22H23N3O3S. The lowest BCUT2D eigenvalue weighted by molar-refractivity contribution is 0.0952. The zero-order chi connectivity index (χ0) is 20.6. The van der Waals surface area contributed by atoms with Crippen LogP contribution in [0.1, 0.15) is 45.4 Å². The monoisotopic (exact) mass is 409 g/mol. The molecule has 7 heteroatoms. The second-order valence-corrected chi connectivity index (χ2v) is 7.60. The summed E-state index contributed by atoms with van der Waals surface area (Å²) in [6.07, 6.45) is 3.10. The maximum absolute atomic E-state index is 12.5. The highest BCUT2D eigenvalue weighted by Crippen LogP contribution is 2.23. The van der Waals surface area contributed by atoms with Gasteiger partial charge in [-0.3, -0.25) is 14.6 Å². The SMILES string of the molecule is CC(C)c1ccc(OCCNC(=O)c2sccc2NC(=O)c2ccncc2)cc1. The lowest BCUT2D eigenvalue weighted by Crippen LogP contribution is -2.28. The van der Waals surface area contributed by atoms with E-state index in [1.165, 1.54) is 16.9 Å². The summed E-state index contributed by atoms with van der Waals surface area (Å²) in [5.74, 6) is 0.712. The molecule has 2 aromatic heterocycles. The van der Waals surface area contributed by atoms with Gasteiger partial charge in [0.1, 0.15) is 17.2 Å². The van der Waals surface area contributed by atoms with Gasteiger partial charge in [-0.25, -0.2) is 0 Å². The molecule has 0 aliphatic heterocycles. The number of pyridine rings is 1. The van der Waals surface area contributed by atoms with E-state index in [0.29, 0.717) is 35.2 Å². The van der Waals surface area contributed by atoms with Crippen LogP contribution >= 0.6 is 11.3 Å². The third-order valence-corrected chi connectivity index (χ3v) is 5.18. The van der Waals surface area contributed by atoms with Gasteiger partial charge in [-0.05, 0) is 47.2 Å². The highest BCUT2D eigenvalue weighted by atomic mass is 32.1. The zero-order valence-electron chi connectivity index (χ0n) is 16.3. The standard InChI is InChI=1S/C22H23N3O3S/c1-15(2)16-3-5-18(6-4-16)28-13-12-24-22(27)20-19(9-14-29-20)25-21(26)17-7-10-23-11-8-17/h3-11,14-15H,12-13H2,1-2H3,(H,24,27)(H,25,26). The van der Waals surface area contributed by atoms with Crippen LogP contribution in [0.5, 0.6) is 5.75 Å². The van der Waals surface area contributed by atoms with E-state index in [0.717, 1.165) is 5.75 Å². The molecule has 0 fully saturated rings. The molecule has 2 heterocycles. The van der Waals surface area contributed by atoms with Crippen molar-refractivity contribution in [2.24, 2.45) is 0 Å². The van der Waals surface area contributed by atoms with Gasteiger partial charge in [0, 0.05) is 18.0 Å². The van der Waals surface area contributed by atoms with Crippen LogP contribution in [0.4, 0.5) is 5.69 Å². The molecule has 0 saturated carbocycles. The molecule has 0 atom stereocenters. The smallest absolute Gasteiger partial charge is 0.263 e. The number of thiophene rings is 1. The molecule has 0 unspecified atom stereocenters. The Kier molecular flexibility index (Phi) is 6.97. The van der Waals surface area contributed by atoms with Crippen LogP contribution in [-0.4, -0.2) is 29.9 Å². The minimum Gasteiger partial charge on any atom is -0.492 e. The van der Waals surface area contributed by atoms with Crippen LogP contribution in [0.3, 0.4) is 0 Å². The Bertz CT molecular complexity index is 953. The van der Waals surface area contributed by atoms with Gasteiger partial charge in [-0.2, -0.15) is 0 Å². The van der Waals surface area contributed by atoms with Gasteiger partial charge >= 0.3 is 0 Å². The number of benzene rings is 1. The van der Waals surface area contributed by atoms with Crippen molar-refractivity contribution in [1.29, 1.82) is 0 Å². The summed E-state index contributed by atoms with van der Waals surface area (Å²) in [7, 11) is 0. The van der Waals surface area contributed by atoms with Crippen molar-refractivity contribution in [3.63, 3.8) is 0 Å². The molecule has 0 aliphatic carbocycles. The van der Waals surface area contributed by atoms with E-state index in [1.807, 2.05) is 24.3 Å². The molecule has 0 bridgehead atoms. The van der Waals surface area contributed by atoms with Crippen molar-refractivity contribution < 1.29 is 14.3 Å². The number of hydrogen-bond donors (Lipinski definition) is 2. The Hall–Kier alpha value is -3.19. The fourth-order valence-electron chi connectivity index (χ4n) is 2.64. The number of amides is 2. The third-order valence-electron chi connectivity index (χ3n) is 4.27. The van der Waals surface area contributed by atoms with E-state index in [9.17, 15) is 9.59 Å². The molecule has 150 valence electrons. The zero-order valence-corrected chi connectivity index (χ0v) is 17.2. The first-order valence-electron chi connectivity index (χ1n) is 9.34. The molecule has 1 aromatic carbocycles. The normalized spacial score (nSPS) is 10.6. The van der Waals surface area contributed by atoms with Gasteiger partial charge in [-0.15, -0.1) is 11.3 Å². The molecule has 0 spiro atoms. The predicted octanol–water partition coefficient (Wildman–Crippen LogP) is 4.33. The minimum absolute atomic E-state index is 0.246. The molecule has 0 saturated heterocycles. The van der Waals surface area contributed by atoms with Crippen LogP contribution in [0.25, 0.3) is 0 Å². The summed E-state index contributed by atoms with van der Waals surface area (Å²) >= 11 is 1.27. The Morgan fingerprint density at radius 1 is 1.03 bits per heavy atom. The van der Waals surface area contributed by atoms with Crippen LogP contribution in [0.2, 0.25) is 0 Å². The second kappa shape index (κ2) is 9.84. The molecule has 0 aliphatic rings. The summed E-state index contributed by atoms with van der Waals surface area (Å²) in [5.41, 5.74) is 2.22. The Labute approximate surface area is 173 Å². The van der Waals surface area contributed by atoms with Crippen molar-refractivity contribution in [1.82, 2.24) is 10.3 Å². The Balaban J connectivity index is 1.49. The number of carbonyl (C=O) groups excluding carboxylic acids is 2. The number of nitrogens with one attached hydrogen (secondary N) is 2. The van der Waals surface area contributed by atoms with Crippen molar-refractivity contribution in [2.45, 2.75) is 19.8 Å². The molecule has 6 nitrogen and oxygen atoms in total. The third kappa shape index (κ3) is 5.65. The Morgan fingerprint density at radius 2 is 1.76 bits per heavy atom. The Morgan fingerprint density at radius 3 is 2.45 bits per heavy atom. The second-order valence-electron chi connectivity index (χ2n) is 6.68. The van der Waals surface area contributed by atoms with E-state index in [2.05, 4.69) is 29.5 Å². The number of anilines is 1. The summed E-state index contributed by atoms with van der Waals surface area (Å²) in [4.78, 5) is 29.1.